The summed E-state index contributed by atoms with van der Waals surface area (Å²) >= 11 is 4.64. The summed E-state index contributed by atoms with van der Waals surface area (Å²) in [7, 11) is 0. The van der Waals surface area contributed by atoms with Gasteiger partial charge in [-0.1, -0.05) is 18.6 Å². The highest BCUT2D eigenvalue weighted by atomic mass is 32.1. The Kier molecular flexibility index (Phi) is 3.61. The zero-order valence-electron chi connectivity index (χ0n) is 9.65. The van der Waals surface area contributed by atoms with Crippen LogP contribution in [0, 0.1) is 11.8 Å². The van der Waals surface area contributed by atoms with E-state index in [-0.39, 0.29) is 11.5 Å². The van der Waals surface area contributed by atoms with Gasteiger partial charge in [0.15, 0.2) is 0 Å². The molecule has 0 spiro atoms. The summed E-state index contributed by atoms with van der Waals surface area (Å²) in [5.74, 6) is 0.151. The minimum Gasteiger partial charge on any atom is -0.392 e. The van der Waals surface area contributed by atoms with E-state index in [2.05, 4.69) is 17.5 Å². The highest BCUT2D eigenvalue weighted by Gasteiger charge is 2.39. The SMILES string of the molecule is NC(=S)CNC(=O)C(=O)N1CC2CCCC2C1. The van der Waals surface area contributed by atoms with Gasteiger partial charge in [-0.15, -0.1) is 0 Å². The van der Waals surface area contributed by atoms with Crippen LogP contribution in [-0.2, 0) is 9.59 Å². The zero-order valence-corrected chi connectivity index (χ0v) is 10.5. The number of carbonyl (C=O) groups is 2. The van der Waals surface area contributed by atoms with Crippen molar-refractivity contribution in [2.45, 2.75) is 19.3 Å². The third kappa shape index (κ3) is 2.74. The Hall–Kier alpha value is -1.17. The normalized spacial score (nSPS) is 26.7. The molecule has 2 amide bonds. The molecule has 2 unspecified atom stereocenters. The predicted octanol–water partition coefficient (Wildman–Crippen LogP) is -0.353. The molecule has 2 atom stereocenters. The summed E-state index contributed by atoms with van der Waals surface area (Å²) in [6, 6.07) is 0. The molecule has 0 bridgehead atoms. The van der Waals surface area contributed by atoms with E-state index in [1.165, 1.54) is 19.3 Å². The van der Waals surface area contributed by atoms with Gasteiger partial charge in [0.05, 0.1) is 11.5 Å². The molecule has 5 nitrogen and oxygen atoms in total. The number of amides is 2. The van der Waals surface area contributed by atoms with E-state index in [4.69, 9.17) is 5.73 Å². The molecule has 2 aliphatic rings. The van der Waals surface area contributed by atoms with E-state index in [0.29, 0.717) is 11.8 Å². The fourth-order valence-corrected chi connectivity index (χ4v) is 2.86. The first kappa shape index (κ1) is 12.3. The van der Waals surface area contributed by atoms with Crippen LogP contribution in [0.25, 0.3) is 0 Å². The number of thiocarbonyl (C=S) groups is 1. The molecule has 6 heteroatoms. The van der Waals surface area contributed by atoms with Gasteiger partial charge >= 0.3 is 11.8 Å². The van der Waals surface area contributed by atoms with Crippen molar-refractivity contribution in [3.05, 3.63) is 0 Å². The second-order valence-electron chi connectivity index (χ2n) is 4.81. The number of hydrogen-bond acceptors (Lipinski definition) is 3. The fraction of sp³-hybridized carbons (Fsp3) is 0.727. The first-order valence-corrected chi connectivity index (χ1v) is 6.34. The highest BCUT2D eigenvalue weighted by molar-refractivity contribution is 7.80. The molecule has 1 aliphatic heterocycles. The van der Waals surface area contributed by atoms with Gasteiger partial charge in [0.25, 0.3) is 0 Å². The average molecular weight is 255 g/mol. The van der Waals surface area contributed by atoms with Crippen molar-refractivity contribution in [1.82, 2.24) is 10.2 Å². The molecular weight excluding hydrogens is 238 g/mol. The fourth-order valence-electron chi connectivity index (χ4n) is 2.79. The second-order valence-corrected chi connectivity index (χ2v) is 5.33. The van der Waals surface area contributed by atoms with Crippen LogP contribution in [0.4, 0.5) is 0 Å². The lowest BCUT2D eigenvalue weighted by molar-refractivity contribution is -0.145. The molecule has 0 aromatic heterocycles. The predicted molar refractivity (Wildman–Crippen MR) is 67.2 cm³/mol. The van der Waals surface area contributed by atoms with E-state index in [1.54, 1.807) is 4.90 Å². The monoisotopic (exact) mass is 255 g/mol. The Balaban J connectivity index is 1.84. The largest absolute Gasteiger partial charge is 0.392 e. The zero-order chi connectivity index (χ0) is 12.4. The van der Waals surface area contributed by atoms with Crippen LogP contribution < -0.4 is 11.1 Å². The summed E-state index contributed by atoms with van der Waals surface area (Å²) in [5, 5.41) is 2.43. The molecule has 3 N–H and O–H groups in total. The van der Waals surface area contributed by atoms with Crippen molar-refractivity contribution in [1.29, 1.82) is 0 Å². The maximum absolute atomic E-state index is 11.8. The molecule has 1 saturated heterocycles. The first-order chi connectivity index (χ1) is 8.08. The van der Waals surface area contributed by atoms with Gasteiger partial charge in [-0.2, -0.15) is 0 Å². The van der Waals surface area contributed by atoms with Crippen molar-refractivity contribution >= 4 is 29.0 Å². The van der Waals surface area contributed by atoms with Crippen LogP contribution >= 0.6 is 12.2 Å². The summed E-state index contributed by atoms with van der Waals surface area (Å²) < 4.78 is 0. The van der Waals surface area contributed by atoms with Crippen molar-refractivity contribution in [3.63, 3.8) is 0 Å². The maximum Gasteiger partial charge on any atom is 0.311 e. The molecule has 2 fully saturated rings. The number of nitrogens with zero attached hydrogens (tertiary/aromatic N) is 1. The van der Waals surface area contributed by atoms with Gasteiger partial charge in [-0.05, 0) is 24.7 Å². The minimum absolute atomic E-state index is 0.0839. The Morgan fingerprint density at radius 1 is 1.29 bits per heavy atom. The molecule has 1 saturated carbocycles. The maximum atomic E-state index is 11.8. The standard InChI is InChI=1S/C11H17N3O2S/c12-9(17)4-13-10(15)11(16)14-5-7-2-1-3-8(7)6-14/h7-8H,1-6H2,(H2,12,17)(H,13,15). The van der Waals surface area contributed by atoms with E-state index in [0.717, 1.165) is 13.1 Å². The molecule has 0 aromatic rings. The van der Waals surface area contributed by atoms with Gasteiger partial charge < -0.3 is 16.0 Å². The van der Waals surface area contributed by atoms with Gasteiger partial charge in [0, 0.05) is 13.1 Å². The lowest BCUT2D eigenvalue weighted by atomic mass is 10.0. The number of likely N-dealkylation sites (tertiary alicyclic amines) is 1. The molecular formula is C11H17N3O2S. The smallest absolute Gasteiger partial charge is 0.311 e. The lowest BCUT2D eigenvalue weighted by Crippen LogP contribution is -2.44. The van der Waals surface area contributed by atoms with Crippen molar-refractivity contribution < 1.29 is 9.59 Å². The minimum atomic E-state index is -0.599. The summed E-state index contributed by atoms with van der Waals surface area (Å²) in [5.41, 5.74) is 5.26. The number of nitrogens with one attached hydrogen (secondary N) is 1. The van der Waals surface area contributed by atoms with Gasteiger partial charge in [0.2, 0.25) is 0 Å². The van der Waals surface area contributed by atoms with Crippen LogP contribution in [0.5, 0.6) is 0 Å². The number of nitrogens with two attached hydrogens (primary N) is 1. The van der Waals surface area contributed by atoms with Gasteiger partial charge in [0.1, 0.15) is 0 Å². The topological polar surface area (TPSA) is 75.4 Å². The molecule has 17 heavy (non-hydrogen) atoms. The van der Waals surface area contributed by atoms with Crippen molar-refractivity contribution in [2.24, 2.45) is 17.6 Å². The molecule has 94 valence electrons. The average Bonchev–Trinajstić information content (AvgIpc) is 2.84. The van der Waals surface area contributed by atoms with Crippen LogP contribution in [-0.4, -0.2) is 41.3 Å². The van der Waals surface area contributed by atoms with E-state index >= 15 is 0 Å². The summed E-state index contributed by atoms with van der Waals surface area (Å²) in [6.07, 6.45) is 3.62. The van der Waals surface area contributed by atoms with Gasteiger partial charge in [-0.3, -0.25) is 9.59 Å². The Bertz CT molecular complexity index is 347. The Morgan fingerprint density at radius 2 is 1.88 bits per heavy atom. The van der Waals surface area contributed by atoms with Crippen LogP contribution in [0.1, 0.15) is 19.3 Å². The molecule has 0 radical (unpaired) electrons. The number of carbonyl (C=O) groups excluding carboxylic acids is 2. The van der Waals surface area contributed by atoms with Crippen LogP contribution in [0.2, 0.25) is 0 Å². The third-order valence-electron chi connectivity index (χ3n) is 3.63. The Labute approximate surface area is 106 Å². The first-order valence-electron chi connectivity index (χ1n) is 5.93. The molecule has 0 aromatic carbocycles. The number of rotatable bonds is 2. The lowest BCUT2D eigenvalue weighted by Gasteiger charge is -2.16. The highest BCUT2D eigenvalue weighted by Crippen LogP contribution is 2.37. The molecule has 1 aliphatic carbocycles. The van der Waals surface area contributed by atoms with E-state index < -0.39 is 11.8 Å². The molecule has 2 rings (SSSR count). The van der Waals surface area contributed by atoms with Gasteiger partial charge in [-0.25, -0.2) is 0 Å². The summed E-state index contributed by atoms with van der Waals surface area (Å²) in [4.78, 5) is 25.2. The van der Waals surface area contributed by atoms with E-state index in [9.17, 15) is 9.59 Å². The van der Waals surface area contributed by atoms with E-state index in [1.807, 2.05) is 0 Å². The van der Waals surface area contributed by atoms with Crippen LogP contribution in [0.15, 0.2) is 0 Å². The van der Waals surface area contributed by atoms with Crippen molar-refractivity contribution in [3.8, 4) is 0 Å². The quantitative estimate of drug-likeness (QED) is 0.522. The van der Waals surface area contributed by atoms with Crippen LogP contribution in [0.3, 0.4) is 0 Å². The number of fused-ring (bicyclic) bond motifs is 1. The Morgan fingerprint density at radius 3 is 2.41 bits per heavy atom. The number of hydrogen-bond donors (Lipinski definition) is 2. The summed E-state index contributed by atoms with van der Waals surface area (Å²) in [6.45, 7) is 1.54. The molecule has 1 heterocycles. The second kappa shape index (κ2) is 5.00. The third-order valence-corrected chi connectivity index (χ3v) is 3.78. The van der Waals surface area contributed by atoms with Crippen molar-refractivity contribution in [2.75, 3.05) is 19.6 Å².